The van der Waals surface area contributed by atoms with Gasteiger partial charge in [0.1, 0.15) is 0 Å². The van der Waals surface area contributed by atoms with E-state index in [1.54, 1.807) is 14.2 Å². The fraction of sp³-hybridized carbons (Fsp3) is 0.857. The first-order valence-corrected chi connectivity index (χ1v) is 7.42. The highest BCUT2D eigenvalue weighted by Crippen LogP contribution is 2.16. The van der Waals surface area contributed by atoms with E-state index in [1.165, 1.54) is 6.42 Å². The Balaban J connectivity index is 2.23. The van der Waals surface area contributed by atoms with Crippen LogP contribution < -0.4 is 10.6 Å². The van der Waals surface area contributed by atoms with E-state index in [-0.39, 0.29) is 5.91 Å². The van der Waals surface area contributed by atoms with Gasteiger partial charge in [-0.15, -0.1) is 0 Å². The Morgan fingerprint density at radius 2 is 2.10 bits per heavy atom. The lowest BCUT2D eigenvalue weighted by Crippen LogP contribution is -2.44. The summed E-state index contributed by atoms with van der Waals surface area (Å²) >= 11 is 0. The largest absolute Gasteiger partial charge is 0.383 e. The minimum Gasteiger partial charge on any atom is -0.383 e. The molecule has 0 aliphatic carbocycles. The number of hydrogen-bond acceptors (Lipinski definition) is 3. The summed E-state index contributed by atoms with van der Waals surface area (Å²) in [7, 11) is 3.38. The van der Waals surface area contributed by atoms with Gasteiger partial charge in [-0.3, -0.25) is 9.79 Å². The van der Waals surface area contributed by atoms with Crippen LogP contribution in [0.5, 0.6) is 0 Å². The van der Waals surface area contributed by atoms with Crippen molar-refractivity contribution < 1.29 is 9.53 Å². The van der Waals surface area contributed by atoms with Crippen LogP contribution in [-0.4, -0.2) is 63.2 Å². The van der Waals surface area contributed by atoms with Crippen molar-refractivity contribution in [1.29, 1.82) is 0 Å². The summed E-state index contributed by atoms with van der Waals surface area (Å²) in [5.41, 5.74) is 0. The number of hydrogen-bond donors (Lipinski definition) is 2. The maximum Gasteiger partial charge on any atom is 0.224 e. The second-order valence-corrected chi connectivity index (χ2v) is 5.10. The van der Waals surface area contributed by atoms with Crippen LogP contribution in [0.1, 0.15) is 32.6 Å². The standard InChI is InChI=1S/C14H28N4O2/c1-12-6-4-5-10-18(12)13(19)7-8-16-14(15-2)17-9-11-20-3/h12H,4-11H2,1-3H3,(H2,15,16,17). The van der Waals surface area contributed by atoms with Crippen molar-refractivity contribution in [2.45, 2.75) is 38.6 Å². The molecule has 1 unspecified atom stereocenters. The molecule has 1 aliphatic rings. The molecule has 116 valence electrons. The highest BCUT2D eigenvalue weighted by molar-refractivity contribution is 5.81. The van der Waals surface area contributed by atoms with E-state index in [4.69, 9.17) is 4.74 Å². The molecule has 1 aliphatic heterocycles. The summed E-state index contributed by atoms with van der Waals surface area (Å²) in [6, 6.07) is 0.385. The van der Waals surface area contributed by atoms with Crippen molar-refractivity contribution in [1.82, 2.24) is 15.5 Å². The van der Waals surface area contributed by atoms with Gasteiger partial charge < -0.3 is 20.3 Å². The Kier molecular flexibility index (Phi) is 8.02. The van der Waals surface area contributed by atoms with Crippen LogP contribution in [0.25, 0.3) is 0 Å². The third-order valence-electron chi connectivity index (χ3n) is 3.58. The molecule has 1 atom stereocenters. The molecular formula is C14H28N4O2. The molecule has 0 radical (unpaired) electrons. The summed E-state index contributed by atoms with van der Waals surface area (Å²) in [6.45, 7) is 4.98. The summed E-state index contributed by atoms with van der Waals surface area (Å²) in [6.07, 6.45) is 4.00. The van der Waals surface area contributed by atoms with Crippen LogP contribution >= 0.6 is 0 Å². The molecule has 1 fully saturated rings. The number of guanidine groups is 1. The van der Waals surface area contributed by atoms with Crippen LogP contribution in [-0.2, 0) is 9.53 Å². The first-order chi connectivity index (χ1) is 9.69. The molecule has 0 bridgehead atoms. The van der Waals surface area contributed by atoms with E-state index in [1.807, 2.05) is 4.90 Å². The first kappa shape index (κ1) is 16.8. The third-order valence-corrected chi connectivity index (χ3v) is 3.58. The fourth-order valence-corrected chi connectivity index (χ4v) is 2.39. The molecule has 6 heteroatoms. The molecular weight excluding hydrogens is 256 g/mol. The maximum atomic E-state index is 12.1. The molecule has 1 amide bonds. The predicted octanol–water partition coefficient (Wildman–Crippen LogP) is 0.589. The maximum absolute atomic E-state index is 12.1. The quantitative estimate of drug-likeness (QED) is 0.426. The number of amides is 1. The zero-order valence-corrected chi connectivity index (χ0v) is 12.9. The van der Waals surface area contributed by atoms with Gasteiger partial charge in [0.25, 0.3) is 0 Å². The predicted molar refractivity (Wildman–Crippen MR) is 80.9 cm³/mol. The van der Waals surface area contributed by atoms with E-state index in [0.29, 0.717) is 38.1 Å². The molecule has 2 N–H and O–H groups in total. The fourth-order valence-electron chi connectivity index (χ4n) is 2.39. The Morgan fingerprint density at radius 1 is 1.35 bits per heavy atom. The van der Waals surface area contributed by atoms with Crippen LogP contribution in [0.15, 0.2) is 4.99 Å². The molecule has 0 aromatic heterocycles. The average molecular weight is 284 g/mol. The minimum atomic E-state index is 0.233. The first-order valence-electron chi connectivity index (χ1n) is 7.42. The van der Waals surface area contributed by atoms with Crippen LogP contribution in [0.3, 0.4) is 0 Å². The molecule has 1 rings (SSSR count). The average Bonchev–Trinajstić information content (AvgIpc) is 2.46. The summed E-state index contributed by atoms with van der Waals surface area (Å²) in [5.74, 6) is 0.943. The molecule has 1 heterocycles. The van der Waals surface area contributed by atoms with Crippen LogP contribution in [0, 0.1) is 0 Å². The van der Waals surface area contributed by atoms with Gasteiger partial charge in [-0.1, -0.05) is 0 Å². The summed E-state index contributed by atoms with van der Waals surface area (Å²) in [4.78, 5) is 18.2. The monoisotopic (exact) mass is 284 g/mol. The number of rotatable bonds is 6. The molecule has 6 nitrogen and oxygen atoms in total. The number of nitrogens with zero attached hydrogens (tertiary/aromatic N) is 2. The highest BCUT2D eigenvalue weighted by atomic mass is 16.5. The Labute approximate surface area is 122 Å². The second-order valence-electron chi connectivity index (χ2n) is 5.10. The van der Waals surface area contributed by atoms with E-state index >= 15 is 0 Å². The number of likely N-dealkylation sites (tertiary alicyclic amines) is 1. The summed E-state index contributed by atoms with van der Waals surface area (Å²) < 4.78 is 4.96. The SMILES string of the molecule is CN=C(NCCOC)NCCC(=O)N1CCCCC1C. The van der Waals surface area contributed by atoms with E-state index in [2.05, 4.69) is 22.5 Å². The van der Waals surface area contributed by atoms with Gasteiger partial charge in [0, 0.05) is 46.3 Å². The van der Waals surface area contributed by atoms with Crippen molar-refractivity contribution >= 4 is 11.9 Å². The Bertz CT molecular complexity index is 320. The number of methoxy groups -OCH3 is 1. The third kappa shape index (κ3) is 5.77. The van der Waals surface area contributed by atoms with Gasteiger partial charge in [0.2, 0.25) is 5.91 Å². The number of aliphatic imine (C=N–C) groups is 1. The zero-order valence-electron chi connectivity index (χ0n) is 12.9. The van der Waals surface area contributed by atoms with Gasteiger partial charge in [0.15, 0.2) is 5.96 Å². The molecule has 0 aromatic rings. The number of piperidine rings is 1. The minimum absolute atomic E-state index is 0.233. The summed E-state index contributed by atoms with van der Waals surface area (Å²) in [5, 5.41) is 6.27. The van der Waals surface area contributed by atoms with Crippen molar-refractivity contribution in [3.63, 3.8) is 0 Å². The number of nitrogens with one attached hydrogen (secondary N) is 2. The highest BCUT2D eigenvalue weighted by Gasteiger charge is 2.22. The zero-order chi connectivity index (χ0) is 14.8. The molecule has 20 heavy (non-hydrogen) atoms. The van der Waals surface area contributed by atoms with Crippen LogP contribution in [0.2, 0.25) is 0 Å². The molecule has 1 saturated heterocycles. The van der Waals surface area contributed by atoms with E-state index in [9.17, 15) is 4.79 Å². The Morgan fingerprint density at radius 3 is 2.75 bits per heavy atom. The van der Waals surface area contributed by atoms with Crippen molar-refractivity contribution in [2.24, 2.45) is 4.99 Å². The van der Waals surface area contributed by atoms with E-state index in [0.717, 1.165) is 19.4 Å². The van der Waals surface area contributed by atoms with Crippen molar-refractivity contribution in [3.05, 3.63) is 0 Å². The van der Waals surface area contributed by atoms with Gasteiger partial charge in [-0.2, -0.15) is 0 Å². The van der Waals surface area contributed by atoms with Crippen molar-refractivity contribution in [3.8, 4) is 0 Å². The lowest BCUT2D eigenvalue weighted by Gasteiger charge is -2.33. The molecule has 0 saturated carbocycles. The normalized spacial score (nSPS) is 19.9. The van der Waals surface area contributed by atoms with Gasteiger partial charge in [0.05, 0.1) is 6.61 Å². The van der Waals surface area contributed by atoms with Gasteiger partial charge in [-0.05, 0) is 26.2 Å². The molecule has 0 aromatic carbocycles. The van der Waals surface area contributed by atoms with Crippen molar-refractivity contribution in [2.75, 3.05) is 40.4 Å². The van der Waals surface area contributed by atoms with Crippen LogP contribution in [0.4, 0.5) is 0 Å². The van der Waals surface area contributed by atoms with E-state index < -0.39 is 0 Å². The van der Waals surface area contributed by atoms with Gasteiger partial charge in [-0.25, -0.2) is 0 Å². The lowest BCUT2D eigenvalue weighted by molar-refractivity contribution is -0.134. The Hall–Kier alpha value is -1.30. The second kappa shape index (κ2) is 9.58. The lowest BCUT2D eigenvalue weighted by atomic mass is 10.0. The topological polar surface area (TPSA) is 66.0 Å². The smallest absolute Gasteiger partial charge is 0.224 e. The molecule has 0 spiro atoms. The number of carbonyl (C=O) groups excluding carboxylic acids is 1. The number of ether oxygens (including phenoxy) is 1. The van der Waals surface area contributed by atoms with Gasteiger partial charge >= 0.3 is 0 Å². The number of carbonyl (C=O) groups is 1.